The Bertz CT molecular complexity index is 415. The van der Waals surface area contributed by atoms with Crippen LogP contribution in [0.1, 0.15) is 29.3 Å². The van der Waals surface area contributed by atoms with Crippen molar-refractivity contribution >= 4 is 11.9 Å². The van der Waals surface area contributed by atoms with E-state index >= 15 is 0 Å². The van der Waals surface area contributed by atoms with Gasteiger partial charge in [0.05, 0.1) is 5.92 Å². The van der Waals surface area contributed by atoms with Crippen LogP contribution in [0.3, 0.4) is 0 Å². The average molecular weight is 235 g/mol. The van der Waals surface area contributed by atoms with Crippen LogP contribution in [0.2, 0.25) is 0 Å². The predicted octanol–water partition coefficient (Wildman–Crippen LogP) is 1.84. The smallest absolute Gasteiger partial charge is 0.306 e. The third-order valence-electron chi connectivity index (χ3n) is 2.67. The highest BCUT2D eigenvalue weighted by atomic mass is 16.4. The molecule has 1 aromatic carbocycles. The quantitative estimate of drug-likeness (QED) is 0.818. The summed E-state index contributed by atoms with van der Waals surface area (Å²) in [6, 6.07) is 7.31. The maximum absolute atomic E-state index is 11.8. The van der Waals surface area contributed by atoms with Crippen LogP contribution in [-0.2, 0) is 4.79 Å². The van der Waals surface area contributed by atoms with Crippen molar-refractivity contribution in [3.8, 4) is 0 Å². The lowest BCUT2D eigenvalue weighted by atomic mass is 10.1. The van der Waals surface area contributed by atoms with Gasteiger partial charge in [-0.05, 0) is 25.0 Å². The standard InChI is InChI=1S/C13H17NO3/c1-9-5-3-4-6-11(9)12(15)14-8-7-10(2)13(16)17/h3-6,10H,7-8H2,1-2H3,(H,14,15)(H,16,17). The molecule has 2 N–H and O–H groups in total. The number of hydrogen-bond acceptors (Lipinski definition) is 2. The molecule has 0 bridgehead atoms. The van der Waals surface area contributed by atoms with E-state index < -0.39 is 11.9 Å². The van der Waals surface area contributed by atoms with E-state index in [9.17, 15) is 9.59 Å². The number of aliphatic carboxylic acids is 1. The third kappa shape index (κ3) is 3.90. The molecule has 0 aliphatic carbocycles. The Labute approximate surface area is 101 Å². The number of aryl methyl sites for hydroxylation is 1. The van der Waals surface area contributed by atoms with Gasteiger partial charge >= 0.3 is 5.97 Å². The van der Waals surface area contributed by atoms with E-state index in [0.29, 0.717) is 18.5 Å². The van der Waals surface area contributed by atoms with E-state index in [1.165, 1.54) is 0 Å². The Kier molecular flexibility index (Phi) is 4.69. The van der Waals surface area contributed by atoms with Gasteiger partial charge in [-0.15, -0.1) is 0 Å². The lowest BCUT2D eigenvalue weighted by Crippen LogP contribution is -2.27. The highest BCUT2D eigenvalue weighted by Crippen LogP contribution is 2.07. The summed E-state index contributed by atoms with van der Waals surface area (Å²) in [6.07, 6.45) is 0.437. The zero-order valence-electron chi connectivity index (χ0n) is 10.1. The van der Waals surface area contributed by atoms with Gasteiger partial charge < -0.3 is 10.4 Å². The summed E-state index contributed by atoms with van der Waals surface area (Å²) in [4.78, 5) is 22.3. The number of rotatable bonds is 5. The van der Waals surface area contributed by atoms with Gasteiger partial charge in [0.15, 0.2) is 0 Å². The molecule has 0 heterocycles. The molecule has 1 aromatic rings. The number of carbonyl (C=O) groups is 2. The lowest BCUT2D eigenvalue weighted by Gasteiger charge is -2.09. The van der Waals surface area contributed by atoms with Crippen molar-refractivity contribution in [2.45, 2.75) is 20.3 Å². The first kappa shape index (κ1) is 13.2. The minimum absolute atomic E-state index is 0.152. The van der Waals surface area contributed by atoms with Gasteiger partial charge in [-0.2, -0.15) is 0 Å². The predicted molar refractivity (Wildman–Crippen MR) is 64.9 cm³/mol. The Morgan fingerprint density at radius 1 is 1.35 bits per heavy atom. The van der Waals surface area contributed by atoms with Gasteiger partial charge in [-0.25, -0.2) is 0 Å². The van der Waals surface area contributed by atoms with Crippen molar-refractivity contribution in [1.82, 2.24) is 5.32 Å². The van der Waals surface area contributed by atoms with Crippen molar-refractivity contribution in [3.05, 3.63) is 35.4 Å². The molecule has 92 valence electrons. The minimum Gasteiger partial charge on any atom is -0.481 e. The molecular formula is C13H17NO3. The molecule has 0 saturated carbocycles. The molecule has 0 aliphatic heterocycles. The third-order valence-corrected chi connectivity index (χ3v) is 2.67. The molecule has 4 nitrogen and oxygen atoms in total. The summed E-state index contributed by atoms with van der Waals surface area (Å²) in [5, 5.41) is 11.4. The number of nitrogens with one attached hydrogen (secondary N) is 1. The van der Waals surface area contributed by atoms with Crippen molar-refractivity contribution in [1.29, 1.82) is 0 Å². The maximum atomic E-state index is 11.8. The second-order valence-electron chi connectivity index (χ2n) is 4.10. The summed E-state index contributed by atoms with van der Waals surface area (Å²) >= 11 is 0. The molecular weight excluding hydrogens is 218 g/mol. The normalized spacial score (nSPS) is 11.9. The summed E-state index contributed by atoms with van der Waals surface area (Å²) in [5.41, 5.74) is 1.55. The highest BCUT2D eigenvalue weighted by molar-refractivity contribution is 5.95. The molecule has 1 unspecified atom stereocenters. The summed E-state index contributed by atoms with van der Waals surface area (Å²) in [7, 11) is 0. The Morgan fingerprint density at radius 2 is 2.00 bits per heavy atom. The Morgan fingerprint density at radius 3 is 2.59 bits per heavy atom. The number of carboxylic acid groups (broad SMARTS) is 1. The van der Waals surface area contributed by atoms with E-state index in [1.807, 2.05) is 25.1 Å². The van der Waals surface area contributed by atoms with Crippen molar-refractivity contribution in [2.75, 3.05) is 6.54 Å². The van der Waals surface area contributed by atoms with Crippen LogP contribution in [-0.4, -0.2) is 23.5 Å². The Balaban J connectivity index is 2.46. The highest BCUT2D eigenvalue weighted by Gasteiger charge is 2.12. The largest absolute Gasteiger partial charge is 0.481 e. The Hall–Kier alpha value is -1.84. The SMILES string of the molecule is Cc1ccccc1C(=O)NCCC(C)C(=O)O. The fourth-order valence-corrected chi connectivity index (χ4v) is 1.45. The van der Waals surface area contributed by atoms with Crippen LogP contribution >= 0.6 is 0 Å². The van der Waals surface area contributed by atoms with Gasteiger partial charge in [-0.3, -0.25) is 9.59 Å². The van der Waals surface area contributed by atoms with Gasteiger partial charge in [0.2, 0.25) is 0 Å². The number of amides is 1. The first-order chi connectivity index (χ1) is 8.02. The molecule has 0 aromatic heterocycles. The zero-order chi connectivity index (χ0) is 12.8. The van der Waals surface area contributed by atoms with Gasteiger partial charge in [0.1, 0.15) is 0 Å². The van der Waals surface area contributed by atoms with Crippen LogP contribution in [0.25, 0.3) is 0 Å². The van der Waals surface area contributed by atoms with E-state index in [2.05, 4.69) is 5.32 Å². The van der Waals surface area contributed by atoms with Gasteiger partial charge in [0.25, 0.3) is 5.91 Å². The zero-order valence-corrected chi connectivity index (χ0v) is 10.1. The molecule has 1 rings (SSSR count). The van der Waals surface area contributed by atoms with Crippen molar-refractivity contribution < 1.29 is 14.7 Å². The maximum Gasteiger partial charge on any atom is 0.306 e. The second-order valence-corrected chi connectivity index (χ2v) is 4.10. The van der Waals surface area contributed by atoms with Crippen LogP contribution < -0.4 is 5.32 Å². The second kappa shape index (κ2) is 6.03. The molecule has 0 spiro atoms. The first-order valence-corrected chi connectivity index (χ1v) is 5.59. The van der Waals surface area contributed by atoms with E-state index in [-0.39, 0.29) is 5.91 Å². The average Bonchev–Trinajstić information content (AvgIpc) is 2.29. The molecule has 1 amide bonds. The lowest BCUT2D eigenvalue weighted by molar-refractivity contribution is -0.141. The molecule has 1 atom stereocenters. The van der Waals surface area contributed by atoms with E-state index in [4.69, 9.17) is 5.11 Å². The number of hydrogen-bond donors (Lipinski definition) is 2. The molecule has 4 heteroatoms. The molecule has 0 aliphatic rings. The van der Waals surface area contributed by atoms with Crippen molar-refractivity contribution in [3.63, 3.8) is 0 Å². The molecule has 0 radical (unpaired) electrons. The van der Waals surface area contributed by atoms with Crippen LogP contribution in [0.15, 0.2) is 24.3 Å². The van der Waals surface area contributed by atoms with Crippen molar-refractivity contribution in [2.24, 2.45) is 5.92 Å². The van der Waals surface area contributed by atoms with E-state index in [1.54, 1.807) is 13.0 Å². The van der Waals surface area contributed by atoms with Gasteiger partial charge in [-0.1, -0.05) is 25.1 Å². The number of carbonyl (C=O) groups excluding carboxylic acids is 1. The van der Waals surface area contributed by atoms with Crippen LogP contribution in [0.4, 0.5) is 0 Å². The monoisotopic (exact) mass is 235 g/mol. The summed E-state index contributed by atoms with van der Waals surface area (Å²) in [5.74, 6) is -1.43. The number of carboxylic acids is 1. The molecule has 17 heavy (non-hydrogen) atoms. The number of benzene rings is 1. The summed E-state index contributed by atoms with van der Waals surface area (Å²) in [6.45, 7) is 3.87. The van der Waals surface area contributed by atoms with E-state index in [0.717, 1.165) is 5.56 Å². The van der Waals surface area contributed by atoms with Crippen LogP contribution in [0.5, 0.6) is 0 Å². The fraction of sp³-hybridized carbons (Fsp3) is 0.385. The fourth-order valence-electron chi connectivity index (χ4n) is 1.45. The first-order valence-electron chi connectivity index (χ1n) is 5.59. The summed E-state index contributed by atoms with van der Waals surface area (Å²) < 4.78 is 0. The molecule has 0 saturated heterocycles. The topological polar surface area (TPSA) is 66.4 Å². The van der Waals surface area contributed by atoms with Gasteiger partial charge in [0, 0.05) is 12.1 Å². The molecule has 0 fully saturated rings. The van der Waals surface area contributed by atoms with Crippen LogP contribution in [0, 0.1) is 12.8 Å². The minimum atomic E-state index is -0.838.